The van der Waals surface area contributed by atoms with Gasteiger partial charge in [0.15, 0.2) is 17.6 Å². The third-order valence-corrected chi connectivity index (χ3v) is 4.71. The lowest BCUT2D eigenvalue weighted by Gasteiger charge is -2.31. The maximum atomic E-state index is 12.9. The zero-order chi connectivity index (χ0) is 20.1. The second kappa shape index (κ2) is 8.78. The van der Waals surface area contributed by atoms with Gasteiger partial charge in [0.1, 0.15) is 0 Å². The van der Waals surface area contributed by atoms with Crippen molar-refractivity contribution in [2.45, 2.75) is 32.8 Å². The maximum absolute atomic E-state index is 12.9. The van der Waals surface area contributed by atoms with E-state index < -0.39 is 12.1 Å². The van der Waals surface area contributed by atoms with E-state index in [0.29, 0.717) is 30.2 Å². The van der Waals surface area contributed by atoms with E-state index in [1.165, 1.54) is 7.11 Å². The third-order valence-electron chi connectivity index (χ3n) is 4.71. The molecule has 0 spiro atoms. The van der Waals surface area contributed by atoms with Crippen LogP contribution >= 0.6 is 0 Å². The van der Waals surface area contributed by atoms with Crippen molar-refractivity contribution in [2.75, 3.05) is 25.2 Å². The monoisotopic (exact) mass is 383 g/mol. The lowest BCUT2D eigenvalue weighted by molar-refractivity contribution is -0.126. The first-order valence-corrected chi connectivity index (χ1v) is 9.46. The number of ether oxygens (including phenoxy) is 3. The summed E-state index contributed by atoms with van der Waals surface area (Å²) in [5, 5.41) is 0. The van der Waals surface area contributed by atoms with Gasteiger partial charge < -0.3 is 19.1 Å². The fraction of sp³-hybridized carbons (Fsp3) is 0.364. The fourth-order valence-corrected chi connectivity index (χ4v) is 3.33. The molecule has 2 aromatic carbocycles. The Balaban J connectivity index is 1.73. The van der Waals surface area contributed by atoms with E-state index in [-0.39, 0.29) is 5.91 Å². The molecule has 1 unspecified atom stereocenters. The molecule has 0 N–H and O–H groups in total. The average Bonchev–Trinajstić information content (AvgIpc) is 2.72. The molecule has 6 nitrogen and oxygen atoms in total. The molecule has 1 aliphatic heterocycles. The molecule has 2 aromatic rings. The molecule has 1 heterocycles. The number of methoxy groups -OCH3 is 1. The summed E-state index contributed by atoms with van der Waals surface area (Å²) in [7, 11) is 1.53. The number of rotatable bonds is 6. The van der Waals surface area contributed by atoms with Gasteiger partial charge in [-0.15, -0.1) is 0 Å². The predicted molar refractivity (Wildman–Crippen MR) is 106 cm³/mol. The molecule has 0 aromatic heterocycles. The Bertz CT molecular complexity index is 864. The normalized spacial score (nSPS) is 14.0. The van der Waals surface area contributed by atoms with E-state index in [0.717, 1.165) is 24.1 Å². The van der Waals surface area contributed by atoms with E-state index >= 15 is 0 Å². The molecule has 0 saturated heterocycles. The number of amides is 1. The van der Waals surface area contributed by atoms with Crippen LogP contribution in [0, 0.1) is 0 Å². The van der Waals surface area contributed by atoms with E-state index in [1.807, 2.05) is 31.2 Å². The van der Waals surface area contributed by atoms with Crippen molar-refractivity contribution >= 4 is 17.6 Å². The molecule has 1 amide bonds. The van der Waals surface area contributed by atoms with Crippen molar-refractivity contribution in [1.82, 2.24) is 0 Å². The van der Waals surface area contributed by atoms with Crippen molar-refractivity contribution in [3.63, 3.8) is 0 Å². The third kappa shape index (κ3) is 4.11. The number of carbonyl (C=O) groups is 2. The van der Waals surface area contributed by atoms with Crippen molar-refractivity contribution in [2.24, 2.45) is 0 Å². The van der Waals surface area contributed by atoms with Gasteiger partial charge >= 0.3 is 5.97 Å². The van der Waals surface area contributed by atoms with Gasteiger partial charge in [-0.2, -0.15) is 0 Å². The summed E-state index contributed by atoms with van der Waals surface area (Å²) < 4.78 is 16.2. The summed E-state index contributed by atoms with van der Waals surface area (Å²) in [5.41, 5.74) is 2.34. The van der Waals surface area contributed by atoms with Gasteiger partial charge in [0, 0.05) is 12.2 Å². The minimum absolute atomic E-state index is 0.223. The summed E-state index contributed by atoms with van der Waals surface area (Å²) in [6.45, 7) is 4.51. The van der Waals surface area contributed by atoms with Crippen LogP contribution in [0.3, 0.4) is 0 Å². The van der Waals surface area contributed by atoms with E-state index in [9.17, 15) is 9.59 Å². The molecule has 1 aliphatic rings. The van der Waals surface area contributed by atoms with Gasteiger partial charge in [0.05, 0.1) is 19.3 Å². The van der Waals surface area contributed by atoms with Crippen LogP contribution in [0.15, 0.2) is 42.5 Å². The molecule has 6 heteroatoms. The summed E-state index contributed by atoms with van der Waals surface area (Å²) in [5.74, 6) is 0.199. The highest BCUT2D eigenvalue weighted by atomic mass is 16.5. The van der Waals surface area contributed by atoms with Crippen LogP contribution in [-0.2, 0) is 16.0 Å². The highest BCUT2D eigenvalue weighted by Crippen LogP contribution is 2.29. The maximum Gasteiger partial charge on any atom is 0.339 e. The van der Waals surface area contributed by atoms with Gasteiger partial charge in [-0.05, 0) is 56.5 Å². The first-order chi connectivity index (χ1) is 13.5. The number of carbonyl (C=O) groups excluding carboxylic acids is 2. The first kappa shape index (κ1) is 19.7. The van der Waals surface area contributed by atoms with Crippen LogP contribution in [0.1, 0.15) is 36.2 Å². The summed E-state index contributed by atoms with van der Waals surface area (Å²) in [6, 6.07) is 12.6. The highest BCUT2D eigenvalue weighted by molar-refractivity contribution is 6.00. The van der Waals surface area contributed by atoms with Crippen molar-refractivity contribution in [3.05, 3.63) is 53.6 Å². The van der Waals surface area contributed by atoms with Crippen molar-refractivity contribution in [3.8, 4) is 11.5 Å². The van der Waals surface area contributed by atoms with Crippen LogP contribution in [0.2, 0.25) is 0 Å². The number of hydrogen-bond donors (Lipinski definition) is 0. The number of hydrogen-bond acceptors (Lipinski definition) is 5. The van der Waals surface area contributed by atoms with Crippen LogP contribution in [0.4, 0.5) is 5.69 Å². The lowest BCUT2D eigenvalue weighted by atomic mass is 10.0. The fourth-order valence-electron chi connectivity index (χ4n) is 3.33. The topological polar surface area (TPSA) is 65.1 Å². The number of para-hydroxylation sites is 1. The largest absolute Gasteiger partial charge is 0.493 e. The highest BCUT2D eigenvalue weighted by Gasteiger charge is 2.28. The summed E-state index contributed by atoms with van der Waals surface area (Å²) >= 11 is 0. The number of nitrogens with zero attached hydrogens (tertiary/aromatic N) is 1. The predicted octanol–water partition coefficient (Wildman–Crippen LogP) is 3.62. The molecule has 3 rings (SSSR count). The van der Waals surface area contributed by atoms with E-state index in [1.54, 1.807) is 30.0 Å². The van der Waals surface area contributed by atoms with Gasteiger partial charge in [-0.3, -0.25) is 4.79 Å². The Hall–Kier alpha value is -3.02. The van der Waals surface area contributed by atoms with E-state index in [4.69, 9.17) is 14.2 Å². The molecular weight excluding hydrogens is 358 g/mol. The Kier molecular flexibility index (Phi) is 6.19. The summed E-state index contributed by atoms with van der Waals surface area (Å²) in [6.07, 6.45) is 0.941. The smallest absolute Gasteiger partial charge is 0.339 e. The second-order valence-corrected chi connectivity index (χ2v) is 6.57. The molecule has 0 bridgehead atoms. The Morgan fingerprint density at radius 1 is 1.14 bits per heavy atom. The second-order valence-electron chi connectivity index (χ2n) is 6.57. The van der Waals surface area contributed by atoms with Crippen LogP contribution in [0.25, 0.3) is 0 Å². The van der Waals surface area contributed by atoms with Crippen LogP contribution in [0.5, 0.6) is 11.5 Å². The molecular formula is C22H25NO5. The molecule has 0 fully saturated rings. The molecule has 28 heavy (non-hydrogen) atoms. The quantitative estimate of drug-likeness (QED) is 0.713. The van der Waals surface area contributed by atoms with Gasteiger partial charge in [-0.1, -0.05) is 18.2 Å². The standard InChI is InChI=1S/C22H25NO5/c1-4-27-20-14-17(11-12-19(20)26-3)22(25)28-15(2)21(24)23-13-7-9-16-8-5-6-10-18(16)23/h5-6,8,10-12,14-15H,4,7,9,13H2,1-3H3. The van der Waals surface area contributed by atoms with Gasteiger partial charge in [0.25, 0.3) is 5.91 Å². The van der Waals surface area contributed by atoms with Gasteiger partial charge in [-0.25, -0.2) is 4.79 Å². The molecule has 148 valence electrons. The number of benzene rings is 2. The van der Waals surface area contributed by atoms with Gasteiger partial charge in [0.2, 0.25) is 0 Å². The SMILES string of the molecule is CCOc1cc(C(=O)OC(C)C(=O)N2CCCc3ccccc32)ccc1OC. The average molecular weight is 383 g/mol. The Morgan fingerprint density at radius 3 is 2.68 bits per heavy atom. The number of anilines is 1. The van der Waals surface area contributed by atoms with E-state index in [2.05, 4.69) is 0 Å². The number of aryl methyl sites for hydroxylation is 1. The first-order valence-electron chi connectivity index (χ1n) is 9.46. The summed E-state index contributed by atoms with van der Waals surface area (Å²) in [4.78, 5) is 27.2. The number of esters is 1. The Labute approximate surface area is 165 Å². The minimum Gasteiger partial charge on any atom is -0.493 e. The zero-order valence-corrected chi connectivity index (χ0v) is 16.4. The van der Waals surface area contributed by atoms with Crippen LogP contribution in [-0.4, -0.2) is 38.2 Å². The van der Waals surface area contributed by atoms with Crippen molar-refractivity contribution in [1.29, 1.82) is 0 Å². The minimum atomic E-state index is -0.892. The molecule has 0 radical (unpaired) electrons. The number of fused-ring (bicyclic) bond motifs is 1. The lowest BCUT2D eigenvalue weighted by Crippen LogP contribution is -2.42. The zero-order valence-electron chi connectivity index (χ0n) is 16.4. The van der Waals surface area contributed by atoms with Crippen molar-refractivity contribution < 1.29 is 23.8 Å². The molecule has 1 atom stereocenters. The molecule has 0 saturated carbocycles. The van der Waals surface area contributed by atoms with Crippen LogP contribution < -0.4 is 14.4 Å². The Morgan fingerprint density at radius 2 is 1.93 bits per heavy atom. The molecule has 0 aliphatic carbocycles.